The highest BCUT2D eigenvalue weighted by molar-refractivity contribution is 9.10. The average molecular weight is 355 g/mol. The van der Waals surface area contributed by atoms with Crippen LogP contribution in [0.1, 0.15) is 58.1 Å². The molecule has 0 spiro atoms. The Morgan fingerprint density at radius 1 is 1.33 bits per heavy atom. The van der Waals surface area contributed by atoms with E-state index in [0.29, 0.717) is 6.42 Å². The normalized spacial score (nSPS) is 13.8. The van der Waals surface area contributed by atoms with Crippen LogP contribution in [-0.4, -0.2) is 23.4 Å². The minimum atomic E-state index is 0.0864. The SMILES string of the molecule is CCCN(C(=O)CCCC(C)N)C(C)c1ccccc1Br. The molecular weight excluding hydrogens is 328 g/mol. The van der Waals surface area contributed by atoms with Crippen molar-refractivity contribution in [1.29, 1.82) is 0 Å². The lowest BCUT2D eigenvalue weighted by Gasteiger charge is -2.30. The van der Waals surface area contributed by atoms with Crippen LogP contribution in [0.15, 0.2) is 28.7 Å². The summed E-state index contributed by atoms with van der Waals surface area (Å²) >= 11 is 3.58. The summed E-state index contributed by atoms with van der Waals surface area (Å²) in [6.07, 6.45) is 3.30. The molecule has 1 aromatic rings. The summed E-state index contributed by atoms with van der Waals surface area (Å²) in [4.78, 5) is 14.5. The van der Waals surface area contributed by atoms with Crippen molar-refractivity contribution in [2.75, 3.05) is 6.54 Å². The van der Waals surface area contributed by atoms with Crippen LogP contribution in [0.4, 0.5) is 0 Å². The highest BCUT2D eigenvalue weighted by Crippen LogP contribution is 2.28. The maximum Gasteiger partial charge on any atom is 0.223 e. The van der Waals surface area contributed by atoms with E-state index in [1.54, 1.807) is 0 Å². The second-order valence-corrected chi connectivity index (χ2v) is 6.51. The molecule has 2 N–H and O–H groups in total. The summed E-state index contributed by atoms with van der Waals surface area (Å²) in [5, 5.41) is 0. The van der Waals surface area contributed by atoms with Crippen molar-refractivity contribution in [1.82, 2.24) is 4.90 Å². The van der Waals surface area contributed by atoms with E-state index >= 15 is 0 Å². The molecule has 0 radical (unpaired) electrons. The standard InChI is InChI=1S/C17H27BrN2O/c1-4-12-20(17(21)11-7-8-13(2)19)14(3)15-9-5-6-10-16(15)18/h5-6,9-10,13-14H,4,7-8,11-12,19H2,1-3H3. The zero-order valence-corrected chi connectivity index (χ0v) is 14.9. The molecule has 4 heteroatoms. The third kappa shape index (κ3) is 5.79. The monoisotopic (exact) mass is 354 g/mol. The summed E-state index contributed by atoms with van der Waals surface area (Å²) in [5.74, 6) is 0.223. The van der Waals surface area contributed by atoms with Gasteiger partial charge in [-0.05, 0) is 44.7 Å². The fourth-order valence-electron chi connectivity index (χ4n) is 2.48. The van der Waals surface area contributed by atoms with Gasteiger partial charge in [0.25, 0.3) is 0 Å². The fraction of sp³-hybridized carbons (Fsp3) is 0.588. The minimum absolute atomic E-state index is 0.0864. The Morgan fingerprint density at radius 2 is 2.00 bits per heavy atom. The van der Waals surface area contributed by atoms with Crippen LogP contribution in [0, 0.1) is 0 Å². The predicted molar refractivity (Wildman–Crippen MR) is 92.1 cm³/mol. The van der Waals surface area contributed by atoms with Gasteiger partial charge in [-0.1, -0.05) is 41.1 Å². The van der Waals surface area contributed by atoms with Gasteiger partial charge >= 0.3 is 0 Å². The van der Waals surface area contributed by atoms with Crippen molar-refractivity contribution in [2.45, 2.75) is 58.5 Å². The third-order valence-electron chi connectivity index (χ3n) is 3.66. The molecule has 0 saturated carbocycles. The summed E-state index contributed by atoms with van der Waals surface area (Å²) in [6.45, 7) is 6.98. The number of halogens is 1. The number of rotatable bonds is 8. The molecule has 0 aliphatic carbocycles. The maximum absolute atomic E-state index is 12.5. The molecule has 21 heavy (non-hydrogen) atoms. The smallest absolute Gasteiger partial charge is 0.223 e. The van der Waals surface area contributed by atoms with E-state index in [2.05, 4.69) is 35.8 Å². The van der Waals surface area contributed by atoms with Crippen LogP contribution < -0.4 is 5.73 Å². The van der Waals surface area contributed by atoms with E-state index < -0.39 is 0 Å². The van der Waals surface area contributed by atoms with Crippen LogP contribution >= 0.6 is 15.9 Å². The van der Waals surface area contributed by atoms with E-state index in [0.717, 1.165) is 35.8 Å². The Morgan fingerprint density at radius 3 is 2.57 bits per heavy atom. The van der Waals surface area contributed by atoms with Gasteiger partial charge in [-0.15, -0.1) is 0 Å². The van der Waals surface area contributed by atoms with E-state index in [1.807, 2.05) is 30.0 Å². The lowest BCUT2D eigenvalue weighted by Crippen LogP contribution is -2.34. The fourth-order valence-corrected chi connectivity index (χ4v) is 3.09. The molecule has 0 aliphatic rings. The van der Waals surface area contributed by atoms with Crippen LogP contribution in [0.2, 0.25) is 0 Å². The van der Waals surface area contributed by atoms with Crippen molar-refractivity contribution < 1.29 is 4.79 Å². The molecule has 0 bridgehead atoms. The Bertz CT molecular complexity index is 448. The largest absolute Gasteiger partial charge is 0.336 e. The van der Waals surface area contributed by atoms with Crippen LogP contribution in [-0.2, 0) is 4.79 Å². The summed E-state index contributed by atoms with van der Waals surface area (Å²) < 4.78 is 1.06. The molecule has 3 nitrogen and oxygen atoms in total. The number of amides is 1. The Balaban J connectivity index is 2.76. The molecule has 1 rings (SSSR count). The van der Waals surface area contributed by atoms with Crippen LogP contribution in [0.3, 0.4) is 0 Å². The summed E-state index contributed by atoms with van der Waals surface area (Å²) in [5.41, 5.74) is 6.91. The van der Waals surface area contributed by atoms with Gasteiger partial charge in [0, 0.05) is 23.5 Å². The molecule has 0 saturated heterocycles. The highest BCUT2D eigenvalue weighted by atomic mass is 79.9. The number of nitrogens with two attached hydrogens (primary N) is 1. The first-order valence-electron chi connectivity index (χ1n) is 7.76. The molecule has 1 amide bonds. The first kappa shape index (κ1) is 18.2. The number of hydrogen-bond acceptors (Lipinski definition) is 2. The van der Waals surface area contributed by atoms with Crippen LogP contribution in [0.25, 0.3) is 0 Å². The number of carbonyl (C=O) groups is 1. The Labute approximate surface area is 137 Å². The molecule has 2 unspecified atom stereocenters. The molecule has 0 aromatic heterocycles. The lowest BCUT2D eigenvalue weighted by atomic mass is 10.1. The van der Waals surface area contributed by atoms with Crippen molar-refractivity contribution in [3.8, 4) is 0 Å². The van der Waals surface area contributed by atoms with Gasteiger partial charge in [0.1, 0.15) is 0 Å². The second kappa shape index (κ2) is 9.21. The van der Waals surface area contributed by atoms with Crippen molar-refractivity contribution in [2.24, 2.45) is 5.73 Å². The average Bonchev–Trinajstić information content (AvgIpc) is 2.44. The van der Waals surface area contributed by atoms with E-state index in [1.165, 1.54) is 0 Å². The van der Waals surface area contributed by atoms with Gasteiger partial charge in [0.2, 0.25) is 5.91 Å². The maximum atomic E-state index is 12.5. The van der Waals surface area contributed by atoms with E-state index in [4.69, 9.17) is 5.73 Å². The summed E-state index contributed by atoms with van der Waals surface area (Å²) in [6, 6.07) is 8.36. The highest BCUT2D eigenvalue weighted by Gasteiger charge is 2.21. The summed E-state index contributed by atoms with van der Waals surface area (Å²) in [7, 11) is 0. The number of nitrogens with zero attached hydrogens (tertiary/aromatic N) is 1. The van der Waals surface area contributed by atoms with Crippen molar-refractivity contribution in [3.05, 3.63) is 34.3 Å². The number of benzene rings is 1. The van der Waals surface area contributed by atoms with Gasteiger partial charge in [-0.25, -0.2) is 0 Å². The third-order valence-corrected chi connectivity index (χ3v) is 4.38. The molecular formula is C17H27BrN2O. The molecule has 0 fully saturated rings. The van der Waals surface area contributed by atoms with Gasteiger partial charge in [0.05, 0.1) is 6.04 Å². The Hall–Kier alpha value is -0.870. The minimum Gasteiger partial charge on any atom is -0.336 e. The van der Waals surface area contributed by atoms with Gasteiger partial charge in [-0.2, -0.15) is 0 Å². The molecule has 2 atom stereocenters. The van der Waals surface area contributed by atoms with Crippen LogP contribution in [0.5, 0.6) is 0 Å². The predicted octanol–water partition coefficient (Wildman–Crippen LogP) is 4.27. The quantitative estimate of drug-likeness (QED) is 0.757. The lowest BCUT2D eigenvalue weighted by molar-refractivity contribution is -0.133. The molecule has 0 heterocycles. The van der Waals surface area contributed by atoms with E-state index in [-0.39, 0.29) is 18.0 Å². The number of hydrogen-bond donors (Lipinski definition) is 1. The van der Waals surface area contributed by atoms with E-state index in [9.17, 15) is 4.79 Å². The van der Waals surface area contributed by atoms with Gasteiger partial charge in [0.15, 0.2) is 0 Å². The number of carbonyl (C=O) groups excluding carboxylic acids is 1. The van der Waals surface area contributed by atoms with Gasteiger partial charge < -0.3 is 10.6 Å². The van der Waals surface area contributed by atoms with Crippen molar-refractivity contribution in [3.63, 3.8) is 0 Å². The zero-order valence-electron chi connectivity index (χ0n) is 13.3. The first-order valence-corrected chi connectivity index (χ1v) is 8.56. The topological polar surface area (TPSA) is 46.3 Å². The molecule has 1 aromatic carbocycles. The Kier molecular flexibility index (Phi) is 7.97. The molecule has 0 aliphatic heterocycles. The van der Waals surface area contributed by atoms with Crippen molar-refractivity contribution >= 4 is 21.8 Å². The zero-order chi connectivity index (χ0) is 15.8. The molecule has 118 valence electrons. The second-order valence-electron chi connectivity index (χ2n) is 5.65. The first-order chi connectivity index (χ1) is 9.97. The van der Waals surface area contributed by atoms with Gasteiger partial charge in [-0.3, -0.25) is 4.79 Å².